The van der Waals surface area contributed by atoms with Gasteiger partial charge in [0.05, 0.1) is 22.5 Å². The minimum Gasteiger partial charge on any atom is -0.310 e. The summed E-state index contributed by atoms with van der Waals surface area (Å²) in [6, 6.07) is 32.2. The molecule has 4 heteroatoms. The molecule has 0 atom stereocenters. The molecule has 0 unspecified atom stereocenters. The van der Waals surface area contributed by atoms with Gasteiger partial charge in [0, 0.05) is 19.7 Å². The van der Waals surface area contributed by atoms with Crippen LogP contribution >= 0.6 is 0 Å². The van der Waals surface area contributed by atoms with Crippen molar-refractivity contribution in [1.82, 2.24) is 9.80 Å². The molecule has 0 N–H and O–H groups in total. The molecule has 0 spiro atoms. The average molecular weight is 443 g/mol. The first-order valence-electron chi connectivity index (χ1n) is 11.3. The average Bonchev–Trinajstić information content (AvgIpc) is 3.29. The van der Waals surface area contributed by atoms with Gasteiger partial charge in [0.1, 0.15) is 0 Å². The first-order chi connectivity index (χ1) is 16.6. The molecule has 0 aliphatic carbocycles. The first kappa shape index (κ1) is 20.2. The van der Waals surface area contributed by atoms with E-state index in [9.17, 15) is 9.59 Å². The maximum atomic E-state index is 13.5. The molecular weight excluding hydrogens is 420 g/mol. The van der Waals surface area contributed by atoms with E-state index in [1.165, 1.54) is 0 Å². The molecule has 164 valence electrons. The molecule has 2 aliphatic rings. The SMILES string of the molecule is CN1C(=O)C2=C(c3cccc4ccccc34)N(C)C(=O)C2=C1c1ccc(-c2ccccc2)cc1. The molecule has 0 radical (unpaired) electrons. The minimum absolute atomic E-state index is 0.155. The number of hydrogen-bond acceptors (Lipinski definition) is 2. The molecule has 4 aromatic carbocycles. The van der Waals surface area contributed by atoms with Crippen molar-refractivity contribution in [3.8, 4) is 11.1 Å². The van der Waals surface area contributed by atoms with Gasteiger partial charge in [0.25, 0.3) is 11.8 Å². The molecule has 4 nitrogen and oxygen atoms in total. The second-order valence-corrected chi connectivity index (χ2v) is 8.65. The third kappa shape index (κ3) is 2.85. The highest BCUT2D eigenvalue weighted by Gasteiger charge is 2.46. The molecular formula is C30H22N2O2. The maximum absolute atomic E-state index is 13.5. The highest BCUT2D eigenvalue weighted by Crippen LogP contribution is 2.46. The van der Waals surface area contributed by atoms with Gasteiger partial charge in [0.2, 0.25) is 0 Å². The molecule has 4 aromatic rings. The Balaban J connectivity index is 1.54. The number of rotatable bonds is 3. The van der Waals surface area contributed by atoms with Crippen LogP contribution in [0, 0.1) is 0 Å². The van der Waals surface area contributed by atoms with E-state index in [0.717, 1.165) is 33.0 Å². The zero-order valence-electron chi connectivity index (χ0n) is 18.9. The summed E-state index contributed by atoms with van der Waals surface area (Å²) in [6.07, 6.45) is 0. The van der Waals surface area contributed by atoms with Crippen LogP contribution < -0.4 is 0 Å². The summed E-state index contributed by atoms with van der Waals surface area (Å²) in [6.45, 7) is 0. The van der Waals surface area contributed by atoms with Crippen LogP contribution in [-0.4, -0.2) is 35.7 Å². The van der Waals surface area contributed by atoms with E-state index in [1.54, 1.807) is 23.9 Å². The van der Waals surface area contributed by atoms with Crippen molar-refractivity contribution in [3.63, 3.8) is 0 Å². The van der Waals surface area contributed by atoms with Gasteiger partial charge < -0.3 is 9.80 Å². The third-order valence-electron chi connectivity index (χ3n) is 6.74. The molecule has 0 fully saturated rings. The van der Waals surface area contributed by atoms with Crippen molar-refractivity contribution in [1.29, 1.82) is 0 Å². The van der Waals surface area contributed by atoms with Crippen LogP contribution in [0.4, 0.5) is 0 Å². The number of likely N-dealkylation sites (N-methyl/N-ethyl adjacent to an activating group) is 2. The summed E-state index contributed by atoms with van der Waals surface area (Å²) in [5.74, 6) is -0.310. The fourth-order valence-electron chi connectivity index (χ4n) is 5.06. The standard InChI is InChI=1S/C30H22N2O2/c1-31-27(22-17-15-20(16-18-22)19-9-4-3-5-10-19)25-26(30(31)34)28(32(2)29(25)33)24-14-8-12-21-11-6-7-13-23(21)24/h3-18H,1-2H3. The lowest BCUT2D eigenvalue weighted by Crippen LogP contribution is -2.25. The van der Waals surface area contributed by atoms with Crippen LogP contribution in [0.1, 0.15) is 11.1 Å². The number of amides is 2. The maximum Gasteiger partial charge on any atom is 0.261 e. The van der Waals surface area contributed by atoms with E-state index in [2.05, 4.69) is 12.1 Å². The van der Waals surface area contributed by atoms with Crippen LogP contribution in [-0.2, 0) is 9.59 Å². The third-order valence-corrected chi connectivity index (χ3v) is 6.74. The fraction of sp³-hybridized carbons (Fsp3) is 0.0667. The van der Waals surface area contributed by atoms with E-state index < -0.39 is 0 Å². The number of hydrogen-bond donors (Lipinski definition) is 0. The number of fused-ring (bicyclic) bond motifs is 2. The van der Waals surface area contributed by atoms with E-state index in [0.29, 0.717) is 22.5 Å². The van der Waals surface area contributed by atoms with Crippen LogP contribution in [0.5, 0.6) is 0 Å². The molecule has 0 saturated heterocycles. The lowest BCUT2D eigenvalue weighted by Gasteiger charge is -2.21. The van der Waals surface area contributed by atoms with Crippen molar-refractivity contribution in [3.05, 3.63) is 119 Å². The zero-order valence-corrected chi connectivity index (χ0v) is 18.9. The van der Waals surface area contributed by atoms with Gasteiger partial charge in [-0.05, 0) is 27.5 Å². The Morgan fingerprint density at radius 2 is 1.03 bits per heavy atom. The van der Waals surface area contributed by atoms with Crippen molar-refractivity contribution >= 4 is 34.0 Å². The van der Waals surface area contributed by atoms with Gasteiger partial charge in [-0.15, -0.1) is 0 Å². The number of carbonyl (C=O) groups excluding carboxylic acids is 2. The smallest absolute Gasteiger partial charge is 0.261 e. The van der Waals surface area contributed by atoms with E-state index in [-0.39, 0.29) is 11.8 Å². The van der Waals surface area contributed by atoms with Crippen LogP contribution in [0.2, 0.25) is 0 Å². The van der Waals surface area contributed by atoms with E-state index in [4.69, 9.17) is 0 Å². The fourth-order valence-corrected chi connectivity index (χ4v) is 5.06. The normalized spacial score (nSPS) is 15.7. The predicted molar refractivity (Wildman–Crippen MR) is 135 cm³/mol. The Labute approximate surface area is 198 Å². The molecule has 34 heavy (non-hydrogen) atoms. The van der Waals surface area contributed by atoms with Gasteiger partial charge in [-0.25, -0.2) is 0 Å². The van der Waals surface area contributed by atoms with E-state index >= 15 is 0 Å². The van der Waals surface area contributed by atoms with Crippen molar-refractivity contribution < 1.29 is 9.59 Å². The molecule has 0 saturated carbocycles. The van der Waals surface area contributed by atoms with Crippen molar-refractivity contribution in [2.24, 2.45) is 0 Å². The van der Waals surface area contributed by atoms with Crippen LogP contribution in [0.25, 0.3) is 33.3 Å². The highest BCUT2D eigenvalue weighted by atomic mass is 16.2. The topological polar surface area (TPSA) is 40.6 Å². The van der Waals surface area contributed by atoms with Gasteiger partial charge in [0.15, 0.2) is 0 Å². The Kier molecular flexibility index (Phi) is 4.49. The Morgan fingerprint density at radius 1 is 0.500 bits per heavy atom. The molecule has 0 aromatic heterocycles. The zero-order chi connectivity index (χ0) is 23.4. The minimum atomic E-state index is -0.155. The monoisotopic (exact) mass is 442 g/mol. The molecule has 2 aliphatic heterocycles. The van der Waals surface area contributed by atoms with Crippen LogP contribution in [0.3, 0.4) is 0 Å². The van der Waals surface area contributed by atoms with Crippen molar-refractivity contribution in [2.75, 3.05) is 14.1 Å². The lowest BCUT2D eigenvalue weighted by molar-refractivity contribution is -0.123. The Morgan fingerprint density at radius 3 is 1.76 bits per heavy atom. The predicted octanol–water partition coefficient (Wildman–Crippen LogP) is 5.57. The Bertz CT molecular complexity index is 1540. The summed E-state index contributed by atoms with van der Waals surface area (Å²) in [4.78, 5) is 30.3. The summed E-state index contributed by atoms with van der Waals surface area (Å²) in [5.41, 5.74) is 6.24. The van der Waals surface area contributed by atoms with Crippen molar-refractivity contribution in [2.45, 2.75) is 0 Å². The largest absolute Gasteiger partial charge is 0.310 e. The summed E-state index contributed by atoms with van der Waals surface area (Å²) in [7, 11) is 3.50. The first-order valence-corrected chi connectivity index (χ1v) is 11.3. The lowest BCUT2D eigenvalue weighted by atomic mass is 9.97. The number of nitrogens with zero attached hydrogens (tertiary/aromatic N) is 2. The second-order valence-electron chi connectivity index (χ2n) is 8.65. The summed E-state index contributed by atoms with van der Waals surface area (Å²) in [5, 5.41) is 2.09. The second kappa shape index (κ2) is 7.56. The molecule has 6 rings (SSSR count). The van der Waals surface area contributed by atoms with Gasteiger partial charge in [-0.3, -0.25) is 9.59 Å². The molecule has 2 amide bonds. The Hall–Kier alpha value is -4.44. The van der Waals surface area contributed by atoms with Gasteiger partial charge in [-0.1, -0.05) is 97.1 Å². The van der Waals surface area contributed by atoms with Crippen LogP contribution in [0.15, 0.2) is 108 Å². The van der Waals surface area contributed by atoms with E-state index in [1.807, 2.05) is 84.9 Å². The van der Waals surface area contributed by atoms with Gasteiger partial charge >= 0.3 is 0 Å². The molecule has 0 bridgehead atoms. The molecule has 2 heterocycles. The van der Waals surface area contributed by atoms with Gasteiger partial charge in [-0.2, -0.15) is 0 Å². The summed E-state index contributed by atoms with van der Waals surface area (Å²) < 4.78 is 0. The summed E-state index contributed by atoms with van der Waals surface area (Å²) >= 11 is 0. The quantitative estimate of drug-likeness (QED) is 0.416. The number of benzene rings is 4. The number of carbonyl (C=O) groups is 2. The highest BCUT2D eigenvalue weighted by molar-refractivity contribution is 6.30.